The van der Waals surface area contributed by atoms with E-state index in [2.05, 4.69) is 16.0 Å². The maximum Gasteiger partial charge on any atom is 0.269 e. The smallest absolute Gasteiger partial charge is 0.267 e. The normalized spacial score (nSPS) is 14.3. The topological polar surface area (TPSA) is 113 Å². The SMILES string of the molecule is Cc1ccnn1-c1ccc(C(=O)NNC(=O)c2ccc(S(=O)(=O)N3CCCC3)cc2)cc1. The first-order chi connectivity index (χ1) is 15.4. The number of rotatable bonds is 5. The van der Waals surface area contributed by atoms with Crippen molar-refractivity contribution >= 4 is 21.8 Å². The Morgan fingerprint density at radius 2 is 1.38 bits per heavy atom. The van der Waals surface area contributed by atoms with Gasteiger partial charge in [0.1, 0.15) is 0 Å². The van der Waals surface area contributed by atoms with Crippen molar-refractivity contribution in [2.75, 3.05) is 13.1 Å². The highest BCUT2D eigenvalue weighted by Gasteiger charge is 2.27. The molecule has 0 aliphatic carbocycles. The highest BCUT2D eigenvalue weighted by molar-refractivity contribution is 7.89. The molecule has 32 heavy (non-hydrogen) atoms. The Morgan fingerprint density at radius 3 is 1.88 bits per heavy atom. The van der Waals surface area contributed by atoms with Gasteiger partial charge in [-0.15, -0.1) is 0 Å². The molecule has 2 aromatic carbocycles. The predicted molar refractivity (Wildman–Crippen MR) is 118 cm³/mol. The molecule has 2 amide bonds. The Kier molecular flexibility index (Phi) is 6.06. The summed E-state index contributed by atoms with van der Waals surface area (Å²) in [6.45, 7) is 2.95. The zero-order chi connectivity index (χ0) is 22.7. The average molecular weight is 454 g/mol. The number of aryl methyl sites for hydroxylation is 1. The summed E-state index contributed by atoms with van der Waals surface area (Å²) in [7, 11) is -3.54. The number of hydrazine groups is 1. The first-order valence-electron chi connectivity index (χ1n) is 10.2. The minimum Gasteiger partial charge on any atom is -0.267 e. The van der Waals surface area contributed by atoms with E-state index in [-0.39, 0.29) is 10.5 Å². The fraction of sp³-hybridized carbons (Fsp3) is 0.227. The van der Waals surface area contributed by atoms with Gasteiger partial charge >= 0.3 is 0 Å². The second-order valence-corrected chi connectivity index (χ2v) is 9.41. The Hall–Kier alpha value is -3.50. The molecule has 0 unspecified atom stereocenters. The van der Waals surface area contributed by atoms with E-state index in [0.29, 0.717) is 18.7 Å². The lowest BCUT2D eigenvalue weighted by atomic mass is 10.2. The first kappa shape index (κ1) is 21.7. The summed E-state index contributed by atoms with van der Waals surface area (Å²) in [5.74, 6) is -1.03. The maximum absolute atomic E-state index is 12.6. The number of carbonyl (C=O) groups excluding carboxylic acids is 2. The van der Waals surface area contributed by atoms with Crippen molar-refractivity contribution in [1.29, 1.82) is 0 Å². The van der Waals surface area contributed by atoms with E-state index in [1.54, 1.807) is 35.1 Å². The van der Waals surface area contributed by atoms with Crippen molar-refractivity contribution in [3.05, 3.63) is 77.6 Å². The van der Waals surface area contributed by atoms with Crippen LogP contribution in [0.2, 0.25) is 0 Å². The third-order valence-electron chi connectivity index (χ3n) is 5.31. The molecule has 166 valence electrons. The first-order valence-corrected chi connectivity index (χ1v) is 11.6. The zero-order valence-electron chi connectivity index (χ0n) is 17.5. The largest absolute Gasteiger partial charge is 0.269 e. The second kappa shape index (κ2) is 8.93. The standard InChI is InChI=1S/C22H23N5O4S/c1-16-12-13-23-27(16)19-8-4-17(5-9-19)21(28)24-25-22(29)18-6-10-20(11-7-18)32(30,31)26-14-2-3-15-26/h4-13H,2-3,14-15H2,1H3,(H,24,28)(H,25,29). The number of sulfonamides is 1. The fourth-order valence-corrected chi connectivity index (χ4v) is 5.02. The van der Waals surface area contributed by atoms with Crippen LogP contribution in [0, 0.1) is 6.92 Å². The van der Waals surface area contributed by atoms with Crippen LogP contribution in [-0.2, 0) is 10.0 Å². The van der Waals surface area contributed by atoms with Gasteiger partial charge in [0.05, 0.1) is 10.6 Å². The number of carbonyl (C=O) groups is 2. The Morgan fingerprint density at radius 1 is 0.844 bits per heavy atom. The Bertz CT molecular complexity index is 1230. The molecule has 2 heterocycles. The molecule has 2 N–H and O–H groups in total. The van der Waals surface area contributed by atoms with Gasteiger partial charge in [0.15, 0.2) is 0 Å². The third kappa shape index (κ3) is 4.41. The van der Waals surface area contributed by atoms with Crippen LogP contribution in [0.5, 0.6) is 0 Å². The molecule has 4 rings (SSSR count). The molecule has 1 fully saturated rings. The van der Waals surface area contributed by atoms with Gasteiger partial charge in [-0.2, -0.15) is 9.40 Å². The quantitative estimate of drug-likeness (QED) is 0.574. The maximum atomic E-state index is 12.6. The van der Waals surface area contributed by atoms with E-state index in [1.807, 2.05) is 13.0 Å². The summed E-state index contributed by atoms with van der Waals surface area (Å²) in [5, 5.41) is 4.22. The molecule has 9 nitrogen and oxygen atoms in total. The van der Waals surface area contributed by atoms with Crippen molar-refractivity contribution in [3.63, 3.8) is 0 Å². The van der Waals surface area contributed by atoms with Crippen molar-refractivity contribution in [2.45, 2.75) is 24.7 Å². The molecule has 1 aliphatic heterocycles. The molecule has 0 saturated carbocycles. The van der Waals surface area contributed by atoms with E-state index in [4.69, 9.17) is 0 Å². The molecule has 0 bridgehead atoms. The van der Waals surface area contributed by atoms with Crippen molar-refractivity contribution in [1.82, 2.24) is 24.9 Å². The molecule has 10 heteroatoms. The number of amides is 2. The lowest BCUT2D eigenvalue weighted by molar-refractivity contribution is 0.0846. The van der Waals surface area contributed by atoms with Crippen LogP contribution in [0.25, 0.3) is 5.69 Å². The molecule has 3 aromatic rings. The number of hydrogen-bond acceptors (Lipinski definition) is 5. The van der Waals surface area contributed by atoms with Crippen LogP contribution in [0.1, 0.15) is 39.3 Å². The monoisotopic (exact) mass is 453 g/mol. The fourth-order valence-electron chi connectivity index (χ4n) is 3.51. The zero-order valence-corrected chi connectivity index (χ0v) is 18.3. The Balaban J connectivity index is 1.36. The van der Waals surface area contributed by atoms with E-state index in [9.17, 15) is 18.0 Å². The van der Waals surface area contributed by atoms with Crippen LogP contribution in [-0.4, -0.2) is 47.4 Å². The van der Waals surface area contributed by atoms with E-state index in [1.165, 1.54) is 28.6 Å². The number of nitrogens with zero attached hydrogens (tertiary/aromatic N) is 3. The van der Waals surface area contributed by atoms with Gasteiger partial charge in [-0.05, 0) is 74.4 Å². The van der Waals surface area contributed by atoms with Gasteiger partial charge in [0.2, 0.25) is 10.0 Å². The van der Waals surface area contributed by atoms with Crippen LogP contribution in [0.4, 0.5) is 0 Å². The lowest BCUT2D eigenvalue weighted by Crippen LogP contribution is -2.41. The molecule has 0 atom stereocenters. The van der Waals surface area contributed by atoms with Crippen LogP contribution < -0.4 is 10.9 Å². The predicted octanol–water partition coefficient (Wildman–Crippen LogP) is 2.04. The minimum absolute atomic E-state index is 0.146. The van der Waals surface area contributed by atoms with E-state index >= 15 is 0 Å². The second-order valence-electron chi connectivity index (χ2n) is 7.48. The van der Waals surface area contributed by atoms with Crippen molar-refractivity contribution in [3.8, 4) is 5.69 Å². The molecule has 0 spiro atoms. The van der Waals surface area contributed by atoms with E-state index < -0.39 is 21.8 Å². The van der Waals surface area contributed by atoms with Gasteiger partial charge in [-0.3, -0.25) is 20.4 Å². The molecule has 1 aliphatic rings. The highest BCUT2D eigenvalue weighted by Crippen LogP contribution is 2.21. The van der Waals surface area contributed by atoms with Crippen LogP contribution in [0.3, 0.4) is 0 Å². The summed E-state index contributed by atoms with van der Waals surface area (Å²) in [4.78, 5) is 24.8. The summed E-state index contributed by atoms with van der Waals surface area (Å²) >= 11 is 0. The molecular weight excluding hydrogens is 430 g/mol. The van der Waals surface area contributed by atoms with Crippen LogP contribution in [0.15, 0.2) is 65.7 Å². The molecular formula is C22H23N5O4S. The average Bonchev–Trinajstić information content (AvgIpc) is 3.50. The molecule has 1 aromatic heterocycles. The van der Waals surface area contributed by atoms with Crippen LogP contribution >= 0.6 is 0 Å². The van der Waals surface area contributed by atoms with Crippen molar-refractivity contribution < 1.29 is 18.0 Å². The molecule has 0 radical (unpaired) electrons. The highest BCUT2D eigenvalue weighted by atomic mass is 32.2. The van der Waals surface area contributed by atoms with Gasteiger partial charge in [0.25, 0.3) is 11.8 Å². The summed E-state index contributed by atoms with van der Waals surface area (Å²) < 4.78 is 28.3. The summed E-state index contributed by atoms with van der Waals surface area (Å²) in [6, 6.07) is 14.3. The van der Waals surface area contributed by atoms with E-state index in [0.717, 1.165) is 24.2 Å². The minimum atomic E-state index is -3.54. The van der Waals surface area contributed by atoms with Gasteiger partial charge < -0.3 is 0 Å². The van der Waals surface area contributed by atoms with Gasteiger partial charge in [0, 0.05) is 36.1 Å². The number of nitrogens with one attached hydrogen (secondary N) is 2. The van der Waals surface area contributed by atoms with Crippen molar-refractivity contribution in [2.24, 2.45) is 0 Å². The number of aromatic nitrogens is 2. The lowest BCUT2D eigenvalue weighted by Gasteiger charge is -2.15. The Labute approximate surface area is 186 Å². The summed E-state index contributed by atoms with van der Waals surface area (Å²) in [6.07, 6.45) is 3.40. The number of benzene rings is 2. The summed E-state index contributed by atoms with van der Waals surface area (Å²) in [5.41, 5.74) is 7.09. The number of hydrogen-bond donors (Lipinski definition) is 2. The van der Waals surface area contributed by atoms with Gasteiger partial charge in [-0.1, -0.05) is 0 Å². The van der Waals surface area contributed by atoms with Gasteiger partial charge in [-0.25, -0.2) is 13.1 Å². The molecule has 1 saturated heterocycles. The third-order valence-corrected chi connectivity index (χ3v) is 7.23.